The molecule has 1 heterocycles. The van der Waals surface area contributed by atoms with Gasteiger partial charge in [-0.1, -0.05) is 0 Å². The molecule has 21 heavy (non-hydrogen) atoms. The van der Waals surface area contributed by atoms with Crippen LogP contribution in [0.4, 0.5) is 17.6 Å². The van der Waals surface area contributed by atoms with E-state index in [1.54, 1.807) is 0 Å². The average Bonchev–Trinajstić information content (AvgIpc) is 2.45. The molecule has 0 bridgehead atoms. The van der Waals surface area contributed by atoms with E-state index in [9.17, 15) is 22.7 Å². The van der Waals surface area contributed by atoms with Gasteiger partial charge >= 0.3 is 6.18 Å². The fourth-order valence-corrected chi connectivity index (χ4v) is 1.76. The molecule has 0 spiro atoms. The van der Waals surface area contributed by atoms with Gasteiger partial charge in [-0.2, -0.15) is 13.2 Å². The third kappa shape index (κ3) is 3.10. The highest BCUT2D eigenvalue weighted by Gasteiger charge is 2.32. The molecule has 1 unspecified atom stereocenters. The fraction of sp³-hybridized carbons (Fsp3) is 0.231. The SMILES string of the molecule is COc1nccnc1C(O)c1cc(C(F)(F)F)ccc1F. The standard InChI is InChI=1S/C13H10F4N2O2/c1-21-12-10(18-4-5-19-12)11(20)8-6-7(13(15,16)17)2-3-9(8)14/h2-6,11,20H,1H3. The van der Waals surface area contributed by atoms with Crippen molar-refractivity contribution in [2.45, 2.75) is 12.3 Å². The Hall–Kier alpha value is -2.22. The zero-order valence-electron chi connectivity index (χ0n) is 10.7. The molecule has 0 radical (unpaired) electrons. The normalized spacial score (nSPS) is 13.0. The highest BCUT2D eigenvalue weighted by molar-refractivity contribution is 5.35. The molecule has 0 amide bonds. The van der Waals surface area contributed by atoms with Crippen molar-refractivity contribution in [1.82, 2.24) is 9.97 Å². The summed E-state index contributed by atoms with van der Waals surface area (Å²) in [7, 11) is 1.25. The molecule has 1 aromatic carbocycles. The van der Waals surface area contributed by atoms with Gasteiger partial charge < -0.3 is 9.84 Å². The first-order valence-electron chi connectivity index (χ1n) is 5.74. The van der Waals surface area contributed by atoms with Crippen LogP contribution in [0.3, 0.4) is 0 Å². The molecule has 0 aliphatic rings. The zero-order valence-corrected chi connectivity index (χ0v) is 10.7. The number of aliphatic hydroxyl groups is 1. The van der Waals surface area contributed by atoms with Crippen molar-refractivity contribution in [2.24, 2.45) is 0 Å². The van der Waals surface area contributed by atoms with Crippen molar-refractivity contribution in [3.8, 4) is 5.88 Å². The number of aromatic nitrogens is 2. The van der Waals surface area contributed by atoms with Crippen molar-refractivity contribution >= 4 is 0 Å². The van der Waals surface area contributed by atoms with Crippen LogP contribution in [-0.4, -0.2) is 22.2 Å². The first-order valence-corrected chi connectivity index (χ1v) is 5.74. The first kappa shape index (κ1) is 15.2. The molecule has 0 fully saturated rings. The van der Waals surface area contributed by atoms with Crippen molar-refractivity contribution in [3.05, 3.63) is 53.2 Å². The van der Waals surface area contributed by atoms with E-state index in [4.69, 9.17) is 4.74 Å². The van der Waals surface area contributed by atoms with Gasteiger partial charge in [0.05, 0.1) is 12.7 Å². The van der Waals surface area contributed by atoms with Crippen LogP contribution in [0.15, 0.2) is 30.6 Å². The smallest absolute Gasteiger partial charge is 0.416 e. The van der Waals surface area contributed by atoms with Crippen molar-refractivity contribution < 1.29 is 27.4 Å². The average molecular weight is 302 g/mol. The number of rotatable bonds is 3. The van der Waals surface area contributed by atoms with Crippen LogP contribution in [0.2, 0.25) is 0 Å². The maximum absolute atomic E-state index is 13.7. The molecule has 0 aliphatic heterocycles. The first-order chi connectivity index (χ1) is 9.84. The second-order valence-corrected chi connectivity index (χ2v) is 4.09. The van der Waals surface area contributed by atoms with Gasteiger partial charge in [0.25, 0.3) is 0 Å². The summed E-state index contributed by atoms with van der Waals surface area (Å²) in [4.78, 5) is 7.53. The molecule has 0 saturated carbocycles. The van der Waals surface area contributed by atoms with Gasteiger partial charge in [-0.05, 0) is 18.2 Å². The van der Waals surface area contributed by atoms with E-state index < -0.39 is 29.2 Å². The largest absolute Gasteiger partial charge is 0.480 e. The summed E-state index contributed by atoms with van der Waals surface area (Å²) < 4.78 is 56.5. The van der Waals surface area contributed by atoms with Gasteiger partial charge in [-0.15, -0.1) is 0 Å². The molecule has 0 aliphatic carbocycles. The lowest BCUT2D eigenvalue weighted by molar-refractivity contribution is -0.137. The Labute approximate surface area is 117 Å². The summed E-state index contributed by atoms with van der Waals surface area (Å²) in [6, 6.07) is 1.78. The van der Waals surface area contributed by atoms with Crippen molar-refractivity contribution in [2.75, 3.05) is 7.11 Å². The molecule has 1 aromatic heterocycles. The minimum atomic E-state index is -4.64. The summed E-state index contributed by atoms with van der Waals surface area (Å²) in [5, 5.41) is 10.1. The number of halogens is 4. The van der Waals surface area contributed by atoms with Gasteiger partial charge in [0.1, 0.15) is 17.6 Å². The van der Waals surface area contributed by atoms with Crippen LogP contribution in [-0.2, 0) is 6.18 Å². The summed E-state index contributed by atoms with van der Waals surface area (Å²) in [6.45, 7) is 0. The lowest BCUT2D eigenvalue weighted by atomic mass is 10.0. The quantitative estimate of drug-likeness (QED) is 0.886. The number of aliphatic hydroxyl groups excluding tert-OH is 1. The predicted octanol–water partition coefficient (Wildman–Crippen LogP) is 2.72. The zero-order chi connectivity index (χ0) is 15.6. The van der Waals surface area contributed by atoms with Crippen LogP contribution in [0.25, 0.3) is 0 Å². The van der Waals surface area contributed by atoms with E-state index in [0.29, 0.717) is 18.2 Å². The van der Waals surface area contributed by atoms with Gasteiger partial charge in [-0.3, -0.25) is 4.98 Å². The number of benzene rings is 1. The van der Waals surface area contributed by atoms with Crippen LogP contribution >= 0.6 is 0 Å². The maximum atomic E-state index is 13.7. The van der Waals surface area contributed by atoms with Gasteiger partial charge in [0.2, 0.25) is 5.88 Å². The molecule has 1 N–H and O–H groups in total. The minimum absolute atomic E-state index is 0.0955. The molecule has 2 aromatic rings. The van der Waals surface area contributed by atoms with E-state index in [-0.39, 0.29) is 11.6 Å². The summed E-state index contributed by atoms with van der Waals surface area (Å²) >= 11 is 0. The Balaban J connectivity index is 2.50. The number of alkyl halides is 3. The molecule has 112 valence electrons. The molecule has 8 heteroatoms. The fourth-order valence-electron chi connectivity index (χ4n) is 1.76. The second-order valence-electron chi connectivity index (χ2n) is 4.09. The number of ether oxygens (including phenoxy) is 1. The Morgan fingerprint density at radius 2 is 1.86 bits per heavy atom. The van der Waals surface area contributed by atoms with Crippen LogP contribution in [0.5, 0.6) is 5.88 Å². The molecule has 2 rings (SSSR count). The third-order valence-electron chi connectivity index (χ3n) is 2.76. The summed E-state index contributed by atoms with van der Waals surface area (Å²) in [5.74, 6) is -1.08. The van der Waals surface area contributed by atoms with E-state index >= 15 is 0 Å². The molecular weight excluding hydrogens is 292 g/mol. The van der Waals surface area contributed by atoms with Gasteiger partial charge in [0, 0.05) is 18.0 Å². The van der Waals surface area contributed by atoms with Crippen molar-refractivity contribution in [3.63, 3.8) is 0 Å². The lowest BCUT2D eigenvalue weighted by Gasteiger charge is -2.15. The molecule has 4 nitrogen and oxygen atoms in total. The Bertz CT molecular complexity index is 646. The Morgan fingerprint density at radius 3 is 2.48 bits per heavy atom. The van der Waals surface area contributed by atoms with E-state index in [1.807, 2.05) is 0 Å². The van der Waals surface area contributed by atoms with Crippen molar-refractivity contribution in [1.29, 1.82) is 0 Å². The monoisotopic (exact) mass is 302 g/mol. The van der Waals surface area contributed by atoms with E-state index in [2.05, 4.69) is 9.97 Å². The highest BCUT2D eigenvalue weighted by atomic mass is 19.4. The summed E-state index contributed by atoms with van der Waals surface area (Å²) in [6.07, 6.45) is -3.88. The topological polar surface area (TPSA) is 55.2 Å². The number of hydrogen-bond donors (Lipinski definition) is 1. The minimum Gasteiger partial charge on any atom is -0.480 e. The number of hydrogen-bond acceptors (Lipinski definition) is 4. The molecule has 0 saturated heterocycles. The van der Waals surface area contributed by atoms with Crippen LogP contribution in [0, 0.1) is 5.82 Å². The lowest BCUT2D eigenvalue weighted by Crippen LogP contribution is -2.11. The Morgan fingerprint density at radius 1 is 1.19 bits per heavy atom. The third-order valence-corrected chi connectivity index (χ3v) is 2.76. The molecular formula is C13H10F4N2O2. The number of nitrogens with zero attached hydrogens (tertiary/aromatic N) is 2. The molecule has 1 atom stereocenters. The Kier molecular flexibility index (Phi) is 4.08. The van der Waals surface area contributed by atoms with Gasteiger partial charge in [-0.25, -0.2) is 9.37 Å². The predicted molar refractivity (Wildman–Crippen MR) is 64.0 cm³/mol. The van der Waals surface area contributed by atoms with Gasteiger partial charge in [0.15, 0.2) is 0 Å². The number of methoxy groups -OCH3 is 1. The van der Waals surface area contributed by atoms with Crippen LogP contribution < -0.4 is 4.74 Å². The van der Waals surface area contributed by atoms with E-state index in [0.717, 1.165) is 0 Å². The summed E-state index contributed by atoms with van der Waals surface area (Å²) in [5.41, 5.74) is -1.79. The van der Waals surface area contributed by atoms with Crippen LogP contribution in [0.1, 0.15) is 22.9 Å². The maximum Gasteiger partial charge on any atom is 0.416 e. The second kappa shape index (κ2) is 5.65. The highest BCUT2D eigenvalue weighted by Crippen LogP contribution is 2.34. The van der Waals surface area contributed by atoms with E-state index in [1.165, 1.54) is 19.5 Å².